The fourth-order valence-corrected chi connectivity index (χ4v) is 3.19. The summed E-state index contributed by atoms with van der Waals surface area (Å²) in [4.78, 5) is 3.67. The standard InChI is InChI=1S/C18H21N3S/c1-14-8-9-17(15(2)10-14)21-13-20(12-19-18(21)22)11-16-6-4-3-5-7-16/h3-10H,11-13H2,1-2H3,(H,19,22)/p+1. The molecule has 0 radical (unpaired) electrons. The Morgan fingerprint density at radius 3 is 2.64 bits per heavy atom. The molecule has 1 aliphatic rings. The number of nitrogens with zero attached hydrogens (tertiary/aromatic N) is 1. The molecule has 1 fully saturated rings. The summed E-state index contributed by atoms with van der Waals surface area (Å²) in [5, 5.41) is 4.19. The molecule has 0 aromatic heterocycles. The molecule has 0 bridgehead atoms. The molecule has 0 aliphatic carbocycles. The first-order valence-corrected chi connectivity index (χ1v) is 8.04. The molecule has 2 N–H and O–H groups in total. The van der Waals surface area contributed by atoms with Crippen molar-refractivity contribution >= 4 is 23.0 Å². The lowest BCUT2D eigenvalue weighted by atomic mass is 10.1. The van der Waals surface area contributed by atoms with Crippen molar-refractivity contribution in [3.63, 3.8) is 0 Å². The van der Waals surface area contributed by atoms with Crippen LogP contribution in [0, 0.1) is 13.8 Å². The van der Waals surface area contributed by atoms with Crippen LogP contribution < -0.4 is 15.1 Å². The molecule has 22 heavy (non-hydrogen) atoms. The number of rotatable bonds is 3. The molecule has 3 rings (SSSR count). The van der Waals surface area contributed by atoms with Crippen molar-refractivity contribution in [2.24, 2.45) is 0 Å². The zero-order valence-corrected chi connectivity index (χ0v) is 13.9. The summed E-state index contributed by atoms with van der Waals surface area (Å²) >= 11 is 5.52. The first-order valence-electron chi connectivity index (χ1n) is 7.63. The van der Waals surface area contributed by atoms with Crippen LogP contribution in [0.5, 0.6) is 0 Å². The van der Waals surface area contributed by atoms with Crippen molar-refractivity contribution < 1.29 is 4.90 Å². The largest absolute Gasteiger partial charge is 0.315 e. The molecule has 1 heterocycles. The maximum Gasteiger partial charge on any atom is 0.182 e. The Bertz CT molecular complexity index is 669. The highest BCUT2D eigenvalue weighted by Gasteiger charge is 2.25. The number of quaternary nitrogens is 1. The molecule has 1 unspecified atom stereocenters. The van der Waals surface area contributed by atoms with Gasteiger partial charge in [-0.1, -0.05) is 48.0 Å². The van der Waals surface area contributed by atoms with E-state index in [2.05, 4.69) is 72.6 Å². The van der Waals surface area contributed by atoms with E-state index in [4.69, 9.17) is 12.2 Å². The predicted octanol–water partition coefficient (Wildman–Crippen LogP) is 2.00. The number of thiocarbonyl (C=S) groups is 1. The Morgan fingerprint density at radius 1 is 1.14 bits per heavy atom. The highest BCUT2D eigenvalue weighted by Crippen LogP contribution is 2.21. The zero-order chi connectivity index (χ0) is 15.5. The second kappa shape index (κ2) is 6.46. The Morgan fingerprint density at radius 2 is 1.91 bits per heavy atom. The molecule has 1 aliphatic heterocycles. The number of benzene rings is 2. The van der Waals surface area contributed by atoms with Crippen LogP contribution in [0.3, 0.4) is 0 Å². The average molecular weight is 312 g/mol. The highest BCUT2D eigenvalue weighted by molar-refractivity contribution is 7.80. The Kier molecular flexibility index (Phi) is 4.41. The molecule has 114 valence electrons. The second-order valence-electron chi connectivity index (χ2n) is 5.95. The summed E-state index contributed by atoms with van der Waals surface area (Å²) in [5.74, 6) is 0. The fraction of sp³-hybridized carbons (Fsp3) is 0.278. The van der Waals surface area contributed by atoms with Gasteiger partial charge in [-0.25, -0.2) is 0 Å². The minimum absolute atomic E-state index is 0.823. The highest BCUT2D eigenvalue weighted by atomic mass is 32.1. The van der Waals surface area contributed by atoms with E-state index in [1.165, 1.54) is 27.3 Å². The molecule has 4 heteroatoms. The smallest absolute Gasteiger partial charge is 0.182 e. The summed E-state index contributed by atoms with van der Waals surface area (Å²) in [5.41, 5.74) is 5.11. The molecular formula is C18H22N3S+. The Balaban J connectivity index is 1.77. The van der Waals surface area contributed by atoms with Gasteiger partial charge in [0.15, 0.2) is 18.4 Å². The predicted molar refractivity (Wildman–Crippen MR) is 95.0 cm³/mol. The van der Waals surface area contributed by atoms with Crippen molar-refractivity contribution in [1.29, 1.82) is 0 Å². The van der Waals surface area contributed by atoms with Gasteiger partial charge < -0.3 is 5.32 Å². The van der Waals surface area contributed by atoms with Crippen molar-refractivity contribution in [2.45, 2.75) is 20.4 Å². The van der Waals surface area contributed by atoms with Crippen LogP contribution in [0.1, 0.15) is 16.7 Å². The third kappa shape index (κ3) is 3.29. The summed E-state index contributed by atoms with van der Waals surface area (Å²) in [6.07, 6.45) is 0. The monoisotopic (exact) mass is 312 g/mol. The number of nitrogens with one attached hydrogen (secondary N) is 2. The summed E-state index contributed by atoms with van der Waals surface area (Å²) in [6, 6.07) is 17.1. The number of aryl methyl sites for hydroxylation is 2. The second-order valence-corrected chi connectivity index (χ2v) is 6.33. The summed E-state index contributed by atoms with van der Waals surface area (Å²) in [6.45, 7) is 7.03. The van der Waals surface area contributed by atoms with Crippen molar-refractivity contribution in [2.75, 3.05) is 18.2 Å². The van der Waals surface area contributed by atoms with Crippen LogP contribution in [0.25, 0.3) is 0 Å². The van der Waals surface area contributed by atoms with Crippen LogP contribution in [-0.2, 0) is 6.54 Å². The lowest BCUT2D eigenvalue weighted by Gasteiger charge is -2.36. The summed E-state index contributed by atoms with van der Waals surface area (Å²) < 4.78 is 0. The molecule has 0 spiro atoms. The molecule has 0 amide bonds. The van der Waals surface area contributed by atoms with Crippen LogP contribution in [0.2, 0.25) is 0 Å². The Hall–Kier alpha value is -1.91. The van der Waals surface area contributed by atoms with Gasteiger partial charge in [-0.2, -0.15) is 0 Å². The van der Waals surface area contributed by atoms with Gasteiger partial charge in [-0.15, -0.1) is 0 Å². The molecule has 2 aromatic carbocycles. The van der Waals surface area contributed by atoms with Crippen LogP contribution in [0.15, 0.2) is 48.5 Å². The van der Waals surface area contributed by atoms with Crippen LogP contribution in [-0.4, -0.2) is 18.4 Å². The van der Waals surface area contributed by atoms with Gasteiger partial charge >= 0.3 is 0 Å². The number of anilines is 1. The van der Waals surface area contributed by atoms with Crippen molar-refractivity contribution in [3.05, 3.63) is 65.2 Å². The summed E-state index contributed by atoms with van der Waals surface area (Å²) in [7, 11) is 0. The molecule has 3 nitrogen and oxygen atoms in total. The van der Waals surface area contributed by atoms with Gasteiger partial charge in [0.2, 0.25) is 0 Å². The SMILES string of the molecule is Cc1ccc(N2C[NH+](Cc3ccccc3)CNC2=S)c(C)c1. The lowest BCUT2D eigenvalue weighted by molar-refractivity contribution is -0.916. The fourth-order valence-electron chi connectivity index (χ4n) is 2.95. The minimum atomic E-state index is 0.823. The van der Waals surface area contributed by atoms with E-state index in [0.717, 1.165) is 25.0 Å². The third-order valence-electron chi connectivity index (χ3n) is 4.06. The molecule has 1 atom stereocenters. The van der Waals surface area contributed by atoms with E-state index in [-0.39, 0.29) is 0 Å². The van der Waals surface area contributed by atoms with Crippen LogP contribution in [0.4, 0.5) is 5.69 Å². The van der Waals surface area contributed by atoms with Gasteiger partial charge in [-0.3, -0.25) is 9.80 Å². The normalized spacial score (nSPS) is 18.2. The van der Waals surface area contributed by atoms with Gasteiger partial charge in [0.1, 0.15) is 6.54 Å². The zero-order valence-electron chi connectivity index (χ0n) is 13.1. The van der Waals surface area contributed by atoms with Gasteiger partial charge in [-0.05, 0) is 37.7 Å². The maximum absolute atomic E-state index is 5.52. The first kappa shape index (κ1) is 15.0. The quantitative estimate of drug-likeness (QED) is 0.846. The molecular weight excluding hydrogens is 290 g/mol. The van der Waals surface area contributed by atoms with Gasteiger partial charge in [0.25, 0.3) is 0 Å². The van der Waals surface area contributed by atoms with E-state index in [0.29, 0.717) is 0 Å². The average Bonchev–Trinajstić information content (AvgIpc) is 2.51. The first-order chi connectivity index (χ1) is 10.6. The van der Waals surface area contributed by atoms with E-state index in [1.54, 1.807) is 0 Å². The minimum Gasteiger partial charge on any atom is -0.315 e. The Labute approximate surface area is 137 Å². The van der Waals surface area contributed by atoms with Gasteiger partial charge in [0.05, 0.1) is 5.69 Å². The number of hydrogen-bond acceptors (Lipinski definition) is 1. The van der Waals surface area contributed by atoms with E-state index >= 15 is 0 Å². The third-order valence-corrected chi connectivity index (χ3v) is 4.42. The van der Waals surface area contributed by atoms with E-state index in [9.17, 15) is 0 Å². The van der Waals surface area contributed by atoms with E-state index < -0.39 is 0 Å². The molecule has 1 saturated heterocycles. The van der Waals surface area contributed by atoms with Gasteiger partial charge in [0, 0.05) is 5.56 Å². The maximum atomic E-state index is 5.52. The van der Waals surface area contributed by atoms with Crippen LogP contribution >= 0.6 is 12.2 Å². The lowest BCUT2D eigenvalue weighted by Crippen LogP contribution is -3.16. The molecule has 0 saturated carbocycles. The molecule has 2 aromatic rings. The van der Waals surface area contributed by atoms with E-state index in [1.807, 2.05) is 0 Å². The topological polar surface area (TPSA) is 19.7 Å². The van der Waals surface area contributed by atoms with Crippen molar-refractivity contribution in [3.8, 4) is 0 Å². The van der Waals surface area contributed by atoms with Crippen molar-refractivity contribution in [1.82, 2.24) is 5.32 Å². The number of hydrogen-bond donors (Lipinski definition) is 2.